The van der Waals surface area contributed by atoms with Crippen molar-refractivity contribution in [2.24, 2.45) is 5.92 Å². The molecule has 1 rings (SSSR count). The van der Waals surface area contributed by atoms with E-state index in [4.69, 9.17) is 0 Å². The summed E-state index contributed by atoms with van der Waals surface area (Å²) in [5, 5.41) is 0.687. The van der Waals surface area contributed by atoms with Gasteiger partial charge in [0.1, 0.15) is 5.82 Å². The van der Waals surface area contributed by atoms with Gasteiger partial charge in [-0.2, -0.15) is 0 Å². The highest BCUT2D eigenvalue weighted by molar-refractivity contribution is 9.08. The summed E-state index contributed by atoms with van der Waals surface area (Å²) in [4.78, 5) is 4.26. The van der Waals surface area contributed by atoms with Gasteiger partial charge in [-0.3, -0.25) is 0 Å². The lowest BCUT2D eigenvalue weighted by atomic mass is 10.1. The third-order valence-corrected chi connectivity index (χ3v) is 3.56. The third-order valence-electron chi connectivity index (χ3n) is 2.91. The van der Waals surface area contributed by atoms with E-state index in [-0.39, 0.29) is 5.82 Å². The minimum atomic E-state index is -0.128. The minimum Gasteiger partial charge on any atom is -0.368 e. The first-order valence-corrected chi connectivity index (χ1v) is 7.80. The summed E-state index contributed by atoms with van der Waals surface area (Å²) in [6, 6.07) is 5.49. The number of anilines is 1. The second kappa shape index (κ2) is 7.85. The molecule has 0 saturated heterocycles. The van der Waals surface area contributed by atoms with E-state index >= 15 is 0 Å². The van der Waals surface area contributed by atoms with E-state index in [1.165, 1.54) is 0 Å². The second-order valence-corrected chi connectivity index (χ2v) is 6.12. The molecule has 0 aliphatic carbocycles. The number of benzene rings is 1. The molecule has 108 valence electrons. The third kappa shape index (κ3) is 5.49. The lowest BCUT2D eigenvalue weighted by molar-refractivity contribution is 0.407. The summed E-state index contributed by atoms with van der Waals surface area (Å²) in [5.41, 5.74) is 1.68. The van der Waals surface area contributed by atoms with Crippen LogP contribution in [0.2, 0.25) is 0 Å². The number of rotatable bonds is 7. The van der Waals surface area contributed by atoms with Crippen LogP contribution in [0.1, 0.15) is 19.4 Å². The summed E-state index contributed by atoms with van der Waals surface area (Å²) >= 11 is 3.36. The van der Waals surface area contributed by atoms with Crippen LogP contribution in [0.4, 0.5) is 10.1 Å². The predicted octanol–water partition coefficient (Wildman–Crippen LogP) is 3.74. The normalized spacial score (nSPS) is 11.4. The van der Waals surface area contributed by atoms with Crippen LogP contribution in [0.25, 0.3) is 0 Å². The lowest BCUT2D eigenvalue weighted by Crippen LogP contribution is -2.35. The lowest BCUT2D eigenvalue weighted by Gasteiger charge is -2.28. The Kier molecular flexibility index (Phi) is 6.80. The maximum Gasteiger partial charge on any atom is 0.146 e. The molecular formula is C15H24BrFN2. The Bertz CT molecular complexity index is 394. The molecule has 1 aromatic carbocycles. The average Bonchev–Trinajstić information content (AvgIpc) is 2.34. The smallest absolute Gasteiger partial charge is 0.146 e. The van der Waals surface area contributed by atoms with Gasteiger partial charge in [0.15, 0.2) is 0 Å². The Morgan fingerprint density at radius 3 is 2.37 bits per heavy atom. The van der Waals surface area contributed by atoms with Crippen LogP contribution in [0, 0.1) is 11.7 Å². The van der Waals surface area contributed by atoms with Crippen LogP contribution >= 0.6 is 15.9 Å². The highest BCUT2D eigenvalue weighted by Crippen LogP contribution is 2.22. The Labute approximate surface area is 124 Å². The van der Waals surface area contributed by atoms with Gasteiger partial charge in [0.25, 0.3) is 0 Å². The molecule has 0 N–H and O–H groups in total. The number of halogens is 2. The van der Waals surface area contributed by atoms with Crippen molar-refractivity contribution in [2.45, 2.75) is 19.2 Å². The van der Waals surface area contributed by atoms with Gasteiger partial charge in [0.2, 0.25) is 0 Å². The molecule has 4 heteroatoms. The number of hydrogen-bond donors (Lipinski definition) is 0. The zero-order valence-electron chi connectivity index (χ0n) is 12.3. The van der Waals surface area contributed by atoms with Crippen molar-refractivity contribution in [3.8, 4) is 0 Å². The van der Waals surface area contributed by atoms with Gasteiger partial charge in [-0.25, -0.2) is 4.39 Å². The molecule has 2 nitrogen and oxygen atoms in total. The van der Waals surface area contributed by atoms with Gasteiger partial charge in [-0.1, -0.05) is 35.8 Å². The van der Waals surface area contributed by atoms with E-state index in [0.717, 1.165) is 25.2 Å². The molecule has 0 aliphatic rings. The first-order valence-electron chi connectivity index (χ1n) is 6.68. The molecule has 0 spiro atoms. The van der Waals surface area contributed by atoms with Crippen molar-refractivity contribution >= 4 is 21.6 Å². The number of hydrogen-bond acceptors (Lipinski definition) is 2. The van der Waals surface area contributed by atoms with Gasteiger partial charge < -0.3 is 9.80 Å². The number of alkyl halides is 1. The van der Waals surface area contributed by atoms with Crippen LogP contribution in [0.5, 0.6) is 0 Å². The van der Waals surface area contributed by atoms with Crippen molar-refractivity contribution in [1.82, 2.24) is 4.90 Å². The molecule has 0 fully saturated rings. The van der Waals surface area contributed by atoms with Gasteiger partial charge in [0, 0.05) is 25.0 Å². The average molecular weight is 331 g/mol. The molecule has 0 radical (unpaired) electrons. The zero-order chi connectivity index (χ0) is 14.4. The first-order chi connectivity index (χ1) is 8.93. The fourth-order valence-corrected chi connectivity index (χ4v) is 2.31. The quantitative estimate of drug-likeness (QED) is 0.702. The molecule has 0 aromatic heterocycles. The van der Waals surface area contributed by atoms with Gasteiger partial charge in [-0.05, 0) is 37.7 Å². The monoisotopic (exact) mass is 330 g/mol. The standard InChI is InChI=1S/C15H24BrFN2/c1-12(2)11-19(8-7-18(3)4)15-6-5-13(10-16)9-14(15)17/h5-6,9,12H,7-8,10-11H2,1-4H3. The van der Waals surface area contributed by atoms with Gasteiger partial charge in [-0.15, -0.1) is 0 Å². The summed E-state index contributed by atoms with van der Waals surface area (Å²) in [7, 11) is 4.08. The predicted molar refractivity (Wildman–Crippen MR) is 84.6 cm³/mol. The van der Waals surface area contributed by atoms with E-state index in [2.05, 4.69) is 39.6 Å². The molecule has 19 heavy (non-hydrogen) atoms. The van der Waals surface area contributed by atoms with Gasteiger partial charge in [0.05, 0.1) is 5.69 Å². The fraction of sp³-hybridized carbons (Fsp3) is 0.600. The van der Waals surface area contributed by atoms with Crippen molar-refractivity contribution < 1.29 is 4.39 Å². The molecule has 0 aliphatic heterocycles. The summed E-state index contributed by atoms with van der Waals surface area (Å²) in [5.74, 6) is 0.383. The topological polar surface area (TPSA) is 6.48 Å². The van der Waals surface area contributed by atoms with Crippen molar-refractivity contribution in [3.05, 3.63) is 29.6 Å². The molecule has 0 heterocycles. The van der Waals surface area contributed by atoms with Crippen LogP contribution < -0.4 is 4.90 Å². The summed E-state index contributed by atoms with van der Waals surface area (Å²) in [6.45, 7) is 6.96. The van der Waals surface area contributed by atoms with E-state index < -0.39 is 0 Å². The maximum atomic E-state index is 14.2. The largest absolute Gasteiger partial charge is 0.368 e. The molecule has 0 atom stereocenters. The molecule has 0 amide bonds. The first kappa shape index (κ1) is 16.4. The highest BCUT2D eigenvalue weighted by Gasteiger charge is 2.13. The highest BCUT2D eigenvalue weighted by atomic mass is 79.9. The van der Waals surface area contributed by atoms with E-state index in [0.29, 0.717) is 16.9 Å². The van der Waals surface area contributed by atoms with Crippen molar-refractivity contribution in [3.63, 3.8) is 0 Å². The van der Waals surface area contributed by atoms with Crippen molar-refractivity contribution in [2.75, 3.05) is 38.6 Å². The second-order valence-electron chi connectivity index (χ2n) is 5.56. The molecule has 0 unspecified atom stereocenters. The Morgan fingerprint density at radius 1 is 1.21 bits per heavy atom. The van der Waals surface area contributed by atoms with Crippen LogP contribution in [-0.2, 0) is 5.33 Å². The van der Waals surface area contributed by atoms with Crippen molar-refractivity contribution in [1.29, 1.82) is 0 Å². The zero-order valence-corrected chi connectivity index (χ0v) is 13.9. The van der Waals surface area contributed by atoms with E-state index in [9.17, 15) is 4.39 Å². The SMILES string of the molecule is CC(C)CN(CCN(C)C)c1ccc(CBr)cc1F. The fourth-order valence-electron chi connectivity index (χ4n) is 1.96. The van der Waals surface area contributed by atoms with Crippen LogP contribution in [0.3, 0.4) is 0 Å². The molecule has 1 aromatic rings. The maximum absolute atomic E-state index is 14.2. The molecule has 0 saturated carbocycles. The van der Waals surface area contributed by atoms with E-state index in [1.807, 2.05) is 26.2 Å². The number of likely N-dealkylation sites (N-methyl/N-ethyl adjacent to an activating group) is 1. The number of nitrogens with zero attached hydrogens (tertiary/aromatic N) is 2. The van der Waals surface area contributed by atoms with Crippen LogP contribution in [0.15, 0.2) is 18.2 Å². The molecule has 0 bridgehead atoms. The van der Waals surface area contributed by atoms with E-state index in [1.54, 1.807) is 6.07 Å². The van der Waals surface area contributed by atoms with Gasteiger partial charge >= 0.3 is 0 Å². The minimum absolute atomic E-state index is 0.128. The Balaban J connectivity index is 2.89. The summed E-state index contributed by atoms with van der Waals surface area (Å²) < 4.78 is 14.2. The van der Waals surface area contributed by atoms with Crippen LogP contribution in [-0.4, -0.2) is 38.6 Å². The summed E-state index contributed by atoms with van der Waals surface area (Å²) in [6.07, 6.45) is 0. The Morgan fingerprint density at radius 2 is 1.89 bits per heavy atom. The molecular weight excluding hydrogens is 307 g/mol. The Hall–Kier alpha value is -0.610.